The van der Waals surface area contributed by atoms with Crippen molar-refractivity contribution in [2.45, 2.75) is 31.7 Å². The topological polar surface area (TPSA) is 55.1 Å². The monoisotopic (exact) mass is 266 g/mol. The molecule has 0 aliphatic rings. The van der Waals surface area contributed by atoms with Gasteiger partial charge in [0.15, 0.2) is 0 Å². The first kappa shape index (κ1) is 15.1. The van der Waals surface area contributed by atoms with E-state index in [0.29, 0.717) is 19.5 Å². The molecule has 0 saturated carbocycles. The molecule has 0 radical (unpaired) electrons. The molecule has 3 N–H and O–H groups in total. The summed E-state index contributed by atoms with van der Waals surface area (Å²) >= 11 is 1.71. The summed E-state index contributed by atoms with van der Waals surface area (Å²) in [6.45, 7) is 5.09. The summed E-state index contributed by atoms with van der Waals surface area (Å²) in [4.78, 5) is 13.0. The predicted molar refractivity (Wildman–Crippen MR) is 77.5 cm³/mol. The van der Waals surface area contributed by atoms with Crippen LogP contribution in [0.4, 0.5) is 0 Å². The summed E-state index contributed by atoms with van der Waals surface area (Å²) in [5.74, 6) is 0.0550. The second kappa shape index (κ2) is 6.81. The molecule has 0 heterocycles. The van der Waals surface area contributed by atoms with Gasteiger partial charge in [0.2, 0.25) is 5.91 Å². The van der Waals surface area contributed by atoms with Gasteiger partial charge in [-0.1, -0.05) is 26.0 Å². The van der Waals surface area contributed by atoms with E-state index in [9.17, 15) is 4.79 Å². The van der Waals surface area contributed by atoms with E-state index in [1.165, 1.54) is 4.90 Å². The number of amides is 1. The largest absolute Gasteiger partial charge is 0.352 e. The average molecular weight is 266 g/mol. The van der Waals surface area contributed by atoms with Gasteiger partial charge in [-0.3, -0.25) is 4.79 Å². The van der Waals surface area contributed by atoms with Crippen LogP contribution >= 0.6 is 11.8 Å². The Morgan fingerprint density at radius 1 is 1.33 bits per heavy atom. The van der Waals surface area contributed by atoms with Gasteiger partial charge in [0.25, 0.3) is 0 Å². The lowest BCUT2D eigenvalue weighted by Gasteiger charge is -2.21. The van der Waals surface area contributed by atoms with Crippen LogP contribution in [0.3, 0.4) is 0 Å². The molecule has 0 fully saturated rings. The Hall–Kier alpha value is -1.00. The zero-order valence-corrected chi connectivity index (χ0v) is 12.1. The summed E-state index contributed by atoms with van der Waals surface area (Å²) in [6.07, 6.45) is 2.51. The average Bonchev–Trinajstić information content (AvgIpc) is 2.36. The highest BCUT2D eigenvalue weighted by atomic mass is 32.2. The van der Waals surface area contributed by atoms with Crippen molar-refractivity contribution in [2.24, 2.45) is 11.1 Å². The van der Waals surface area contributed by atoms with Crippen LogP contribution in [-0.2, 0) is 11.3 Å². The van der Waals surface area contributed by atoms with Crippen molar-refractivity contribution in [2.75, 3.05) is 12.8 Å². The Bertz CT molecular complexity index is 387. The Labute approximate surface area is 114 Å². The third-order valence-corrected chi connectivity index (χ3v) is 3.58. The van der Waals surface area contributed by atoms with Gasteiger partial charge in [-0.2, -0.15) is 0 Å². The molecule has 0 bridgehead atoms. The van der Waals surface area contributed by atoms with Gasteiger partial charge in [-0.15, -0.1) is 11.8 Å². The minimum absolute atomic E-state index is 0.0550. The van der Waals surface area contributed by atoms with Crippen molar-refractivity contribution in [1.82, 2.24) is 5.32 Å². The molecule has 0 aliphatic carbocycles. The maximum atomic E-state index is 11.7. The molecule has 0 spiro atoms. The molecule has 0 saturated heterocycles. The molecule has 4 heteroatoms. The van der Waals surface area contributed by atoms with Crippen LogP contribution in [0.25, 0.3) is 0 Å². The van der Waals surface area contributed by atoms with Crippen molar-refractivity contribution < 1.29 is 4.79 Å². The number of nitrogens with two attached hydrogens (primary N) is 1. The van der Waals surface area contributed by atoms with Gasteiger partial charge in [0.05, 0.1) is 0 Å². The van der Waals surface area contributed by atoms with Crippen molar-refractivity contribution in [1.29, 1.82) is 0 Å². The van der Waals surface area contributed by atoms with E-state index < -0.39 is 0 Å². The molecule has 1 aromatic carbocycles. The van der Waals surface area contributed by atoms with Gasteiger partial charge in [0, 0.05) is 17.9 Å². The number of carbonyl (C=O) groups is 1. The highest BCUT2D eigenvalue weighted by Gasteiger charge is 2.19. The molecule has 18 heavy (non-hydrogen) atoms. The smallest absolute Gasteiger partial charge is 0.220 e. The number of nitrogens with one attached hydrogen (secondary N) is 1. The highest BCUT2D eigenvalue weighted by molar-refractivity contribution is 7.98. The standard InChI is InChI=1S/C14H22N2OS/c1-14(2,10-15)8-13(17)16-9-11-4-6-12(18-3)7-5-11/h4-7H,8-10,15H2,1-3H3,(H,16,17). The number of thioether (sulfide) groups is 1. The Kier molecular flexibility index (Phi) is 5.69. The Morgan fingerprint density at radius 3 is 2.44 bits per heavy atom. The van der Waals surface area contributed by atoms with E-state index in [4.69, 9.17) is 5.73 Å². The first-order chi connectivity index (χ1) is 8.46. The number of benzene rings is 1. The molecular formula is C14H22N2OS. The van der Waals surface area contributed by atoms with E-state index in [1.54, 1.807) is 11.8 Å². The third-order valence-electron chi connectivity index (χ3n) is 2.84. The Balaban J connectivity index is 2.42. The van der Waals surface area contributed by atoms with Crippen molar-refractivity contribution in [3.63, 3.8) is 0 Å². The van der Waals surface area contributed by atoms with E-state index in [2.05, 4.69) is 17.4 Å². The first-order valence-corrected chi connectivity index (χ1v) is 7.29. The second-order valence-electron chi connectivity index (χ2n) is 5.17. The first-order valence-electron chi connectivity index (χ1n) is 6.06. The highest BCUT2D eigenvalue weighted by Crippen LogP contribution is 2.18. The second-order valence-corrected chi connectivity index (χ2v) is 6.05. The lowest BCUT2D eigenvalue weighted by Crippen LogP contribution is -2.32. The van der Waals surface area contributed by atoms with E-state index >= 15 is 0 Å². The lowest BCUT2D eigenvalue weighted by molar-refractivity contribution is -0.123. The van der Waals surface area contributed by atoms with Gasteiger partial charge >= 0.3 is 0 Å². The number of hydrogen-bond donors (Lipinski definition) is 2. The van der Waals surface area contributed by atoms with E-state index in [1.807, 2.05) is 32.2 Å². The molecule has 0 aromatic heterocycles. The normalized spacial score (nSPS) is 11.3. The van der Waals surface area contributed by atoms with Crippen LogP contribution in [0, 0.1) is 5.41 Å². The van der Waals surface area contributed by atoms with E-state index in [-0.39, 0.29) is 11.3 Å². The van der Waals surface area contributed by atoms with Crippen molar-refractivity contribution >= 4 is 17.7 Å². The summed E-state index contributed by atoms with van der Waals surface area (Å²) in [6, 6.07) is 8.21. The number of rotatable bonds is 6. The fourth-order valence-electron chi connectivity index (χ4n) is 1.51. The summed E-state index contributed by atoms with van der Waals surface area (Å²) in [7, 11) is 0. The molecule has 1 amide bonds. The quantitative estimate of drug-likeness (QED) is 0.777. The van der Waals surface area contributed by atoms with Gasteiger partial charge in [-0.25, -0.2) is 0 Å². The zero-order chi connectivity index (χ0) is 13.6. The number of carbonyl (C=O) groups excluding carboxylic acids is 1. The Morgan fingerprint density at radius 2 is 1.94 bits per heavy atom. The van der Waals surface area contributed by atoms with Gasteiger partial charge in [-0.05, 0) is 35.9 Å². The summed E-state index contributed by atoms with van der Waals surface area (Å²) in [5.41, 5.74) is 6.60. The van der Waals surface area contributed by atoms with E-state index in [0.717, 1.165) is 5.56 Å². The van der Waals surface area contributed by atoms with Crippen LogP contribution in [-0.4, -0.2) is 18.7 Å². The molecule has 0 aliphatic heterocycles. The molecule has 3 nitrogen and oxygen atoms in total. The predicted octanol–water partition coefficient (Wildman–Crippen LogP) is 2.40. The minimum Gasteiger partial charge on any atom is -0.352 e. The molecule has 0 atom stereocenters. The molecule has 0 unspecified atom stereocenters. The van der Waals surface area contributed by atoms with Crippen LogP contribution in [0.15, 0.2) is 29.2 Å². The lowest BCUT2D eigenvalue weighted by atomic mass is 9.89. The SMILES string of the molecule is CSc1ccc(CNC(=O)CC(C)(C)CN)cc1. The summed E-state index contributed by atoms with van der Waals surface area (Å²) < 4.78 is 0. The third kappa shape index (κ3) is 5.10. The maximum absolute atomic E-state index is 11.7. The fourth-order valence-corrected chi connectivity index (χ4v) is 1.92. The summed E-state index contributed by atoms with van der Waals surface area (Å²) in [5, 5.41) is 2.93. The van der Waals surface area contributed by atoms with Crippen molar-refractivity contribution in [3.8, 4) is 0 Å². The number of hydrogen-bond acceptors (Lipinski definition) is 3. The van der Waals surface area contributed by atoms with Crippen LogP contribution in [0.1, 0.15) is 25.8 Å². The molecule has 1 aromatic rings. The van der Waals surface area contributed by atoms with Gasteiger partial charge in [0.1, 0.15) is 0 Å². The molecular weight excluding hydrogens is 244 g/mol. The van der Waals surface area contributed by atoms with Crippen LogP contribution in [0.5, 0.6) is 0 Å². The maximum Gasteiger partial charge on any atom is 0.220 e. The van der Waals surface area contributed by atoms with Crippen molar-refractivity contribution in [3.05, 3.63) is 29.8 Å². The van der Waals surface area contributed by atoms with Gasteiger partial charge < -0.3 is 11.1 Å². The molecule has 1 rings (SSSR count). The van der Waals surface area contributed by atoms with Crippen LogP contribution in [0.2, 0.25) is 0 Å². The minimum atomic E-state index is -0.132. The van der Waals surface area contributed by atoms with Crippen LogP contribution < -0.4 is 11.1 Å². The fraction of sp³-hybridized carbons (Fsp3) is 0.500. The molecule has 100 valence electrons. The zero-order valence-electron chi connectivity index (χ0n) is 11.3.